The van der Waals surface area contributed by atoms with Crippen LogP contribution in [-0.4, -0.2) is 25.5 Å². The van der Waals surface area contributed by atoms with E-state index in [2.05, 4.69) is 10.6 Å². The number of hydrogen-bond acceptors (Lipinski definition) is 2. The topological polar surface area (TPSA) is 41.1 Å². The molecule has 0 spiro atoms. The molecule has 1 aliphatic heterocycles. The number of piperidine rings is 1. The lowest BCUT2D eigenvalue weighted by Crippen LogP contribution is -2.36. The molecule has 0 bridgehead atoms. The summed E-state index contributed by atoms with van der Waals surface area (Å²) in [4.78, 5) is 12.2. The molecule has 1 amide bonds. The van der Waals surface area contributed by atoms with Crippen LogP contribution in [0.15, 0.2) is 18.2 Å². The van der Waals surface area contributed by atoms with Crippen molar-refractivity contribution in [2.24, 2.45) is 5.92 Å². The van der Waals surface area contributed by atoms with E-state index in [9.17, 15) is 4.79 Å². The molecule has 0 saturated carbocycles. The van der Waals surface area contributed by atoms with Crippen LogP contribution in [0.5, 0.6) is 0 Å². The number of benzene rings is 1. The minimum Gasteiger partial charge on any atom is -0.352 e. The molecule has 0 aliphatic carbocycles. The molecule has 1 aromatic rings. The van der Waals surface area contributed by atoms with Crippen molar-refractivity contribution in [2.75, 3.05) is 19.6 Å². The van der Waals surface area contributed by atoms with Gasteiger partial charge >= 0.3 is 0 Å². The molecule has 3 nitrogen and oxygen atoms in total. The summed E-state index contributed by atoms with van der Waals surface area (Å²) >= 11 is 0. The van der Waals surface area contributed by atoms with Gasteiger partial charge in [0.1, 0.15) is 0 Å². The predicted octanol–water partition coefficient (Wildman–Crippen LogP) is 2.03. The van der Waals surface area contributed by atoms with Gasteiger partial charge in [0.2, 0.25) is 0 Å². The summed E-state index contributed by atoms with van der Waals surface area (Å²) < 4.78 is 0. The lowest BCUT2D eigenvalue weighted by atomic mass is 9.97. The molecule has 1 aromatic carbocycles. The quantitative estimate of drug-likeness (QED) is 0.857. The van der Waals surface area contributed by atoms with Gasteiger partial charge in [-0.1, -0.05) is 18.2 Å². The number of carbonyl (C=O) groups excluding carboxylic acids is 1. The Labute approximate surface area is 109 Å². The van der Waals surface area contributed by atoms with E-state index in [0.717, 1.165) is 49.2 Å². The summed E-state index contributed by atoms with van der Waals surface area (Å²) in [5.74, 6) is 0.698. The van der Waals surface area contributed by atoms with Gasteiger partial charge in [0.15, 0.2) is 0 Å². The number of carbonyl (C=O) groups is 1. The third-order valence-corrected chi connectivity index (χ3v) is 3.72. The van der Waals surface area contributed by atoms with Gasteiger partial charge in [0.05, 0.1) is 0 Å². The molecule has 1 fully saturated rings. The molecule has 1 aliphatic rings. The van der Waals surface area contributed by atoms with Gasteiger partial charge in [0.25, 0.3) is 5.91 Å². The first-order chi connectivity index (χ1) is 8.68. The van der Waals surface area contributed by atoms with E-state index in [1.54, 1.807) is 0 Å². The first kappa shape index (κ1) is 13.1. The Balaban J connectivity index is 1.95. The first-order valence-corrected chi connectivity index (χ1v) is 6.73. The van der Waals surface area contributed by atoms with Crippen LogP contribution < -0.4 is 10.6 Å². The van der Waals surface area contributed by atoms with Crippen LogP contribution in [-0.2, 0) is 0 Å². The van der Waals surface area contributed by atoms with Crippen molar-refractivity contribution < 1.29 is 4.79 Å². The average Bonchev–Trinajstić information content (AvgIpc) is 2.37. The summed E-state index contributed by atoms with van der Waals surface area (Å²) in [7, 11) is 0. The van der Waals surface area contributed by atoms with E-state index in [-0.39, 0.29) is 5.91 Å². The molecular weight excluding hydrogens is 224 g/mol. The van der Waals surface area contributed by atoms with Crippen LogP contribution in [0.25, 0.3) is 0 Å². The molecule has 1 heterocycles. The Morgan fingerprint density at radius 2 is 1.89 bits per heavy atom. The summed E-state index contributed by atoms with van der Waals surface area (Å²) in [5.41, 5.74) is 2.95. The van der Waals surface area contributed by atoms with Crippen molar-refractivity contribution in [3.63, 3.8) is 0 Å². The Kier molecular flexibility index (Phi) is 4.37. The number of amides is 1. The predicted molar refractivity (Wildman–Crippen MR) is 73.8 cm³/mol. The zero-order chi connectivity index (χ0) is 13.0. The van der Waals surface area contributed by atoms with E-state index in [4.69, 9.17) is 0 Å². The maximum absolute atomic E-state index is 12.2. The van der Waals surface area contributed by atoms with Crippen molar-refractivity contribution in [1.82, 2.24) is 10.6 Å². The number of nitrogens with one attached hydrogen (secondary N) is 2. The maximum Gasteiger partial charge on any atom is 0.251 e. The fourth-order valence-electron chi connectivity index (χ4n) is 2.58. The van der Waals surface area contributed by atoms with Gasteiger partial charge < -0.3 is 10.6 Å². The molecule has 0 unspecified atom stereocenters. The highest BCUT2D eigenvalue weighted by atomic mass is 16.1. The van der Waals surface area contributed by atoms with Crippen LogP contribution in [0.1, 0.15) is 34.3 Å². The van der Waals surface area contributed by atoms with E-state index in [0.29, 0.717) is 5.92 Å². The van der Waals surface area contributed by atoms with Gasteiger partial charge in [-0.15, -0.1) is 0 Å². The highest BCUT2D eigenvalue weighted by molar-refractivity contribution is 5.97. The summed E-state index contributed by atoms with van der Waals surface area (Å²) in [5, 5.41) is 6.42. The average molecular weight is 246 g/mol. The molecule has 2 rings (SSSR count). The number of hydrogen-bond donors (Lipinski definition) is 2. The maximum atomic E-state index is 12.2. The van der Waals surface area contributed by atoms with Crippen LogP contribution in [0.2, 0.25) is 0 Å². The van der Waals surface area contributed by atoms with Crippen LogP contribution in [0.4, 0.5) is 0 Å². The van der Waals surface area contributed by atoms with Crippen molar-refractivity contribution in [3.8, 4) is 0 Å². The monoisotopic (exact) mass is 246 g/mol. The van der Waals surface area contributed by atoms with E-state index < -0.39 is 0 Å². The molecule has 18 heavy (non-hydrogen) atoms. The fraction of sp³-hybridized carbons (Fsp3) is 0.533. The lowest BCUT2D eigenvalue weighted by Gasteiger charge is -2.23. The second-order valence-electron chi connectivity index (χ2n) is 5.17. The van der Waals surface area contributed by atoms with Crippen molar-refractivity contribution >= 4 is 5.91 Å². The third-order valence-electron chi connectivity index (χ3n) is 3.72. The minimum absolute atomic E-state index is 0.0733. The second kappa shape index (κ2) is 6.01. The zero-order valence-electron chi connectivity index (χ0n) is 11.3. The Morgan fingerprint density at radius 1 is 1.28 bits per heavy atom. The van der Waals surface area contributed by atoms with Gasteiger partial charge in [-0.05, 0) is 56.8 Å². The SMILES string of the molecule is Cc1cccc(C)c1C(=O)NCC1CCNCC1. The Bertz CT molecular complexity index is 402. The molecule has 98 valence electrons. The standard InChI is InChI=1S/C15H22N2O/c1-11-4-3-5-12(2)14(11)15(18)17-10-13-6-8-16-9-7-13/h3-5,13,16H,6-10H2,1-2H3,(H,17,18). The van der Waals surface area contributed by atoms with Crippen LogP contribution >= 0.6 is 0 Å². The van der Waals surface area contributed by atoms with Crippen molar-refractivity contribution in [3.05, 3.63) is 34.9 Å². The second-order valence-corrected chi connectivity index (χ2v) is 5.17. The minimum atomic E-state index is 0.0733. The van der Waals surface area contributed by atoms with Crippen LogP contribution in [0.3, 0.4) is 0 Å². The van der Waals surface area contributed by atoms with Gasteiger partial charge in [0, 0.05) is 12.1 Å². The van der Waals surface area contributed by atoms with Crippen LogP contribution in [0, 0.1) is 19.8 Å². The molecule has 1 saturated heterocycles. The van der Waals surface area contributed by atoms with E-state index in [1.807, 2.05) is 32.0 Å². The van der Waals surface area contributed by atoms with Crippen molar-refractivity contribution in [1.29, 1.82) is 0 Å². The normalized spacial score (nSPS) is 16.6. The van der Waals surface area contributed by atoms with Gasteiger partial charge in [-0.2, -0.15) is 0 Å². The summed E-state index contributed by atoms with van der Waals surface area (Å²) in [6.45, 7) is 6.93. The smallest absolute Gasteiger partial charge is 0.251 e. The third kappa shape index (κ3) is 3.10. The number of rotatable bonds is 3. The Morgan fingerprint density at radius 3 is 2.50 bits per heavy atom. The Hall–Kier alpha value is -1.35. The summed E-state index contributed by atoms with van der Waals surface area (Å²) in [6, 6.07) is 5.98. The molecule has 2 N–H and O–H groups in total. The molecular formula is C15H22N2O. The first-order valence-electron chi connectivity index (χ1n) is 6.73. The molecule has 0 radical (unpaired) electrons. The summed E-state index contributed by atoms with van der Waals surface area (Å²) in [6.07, 6.45) is 2.32. The van der Waals surface area contributed by atoms with Crippen molar-refractivity contribution in [2.45, 2.75) is 26.7 Å². The van der Waals surface area contributed by atoms with Gasteiger partial charge in [-0.25, -0.2) is 0 Å². The molecule has 3 heteroatoms. The number of aryl methyl sites for hydroxylation is 2. The molecule has 0 aromatic heterocycles. The zero-order valence-corrected chi connectivity index (χ0v) is 11.3. The highest BCUT2D eigenvalue weighted by Gasteiger charge is 2.16. The largest absolute Gasteiger partial charge is 0.352 e. The van der Waals surface area contributed by atoms with Gasteiger partial charge in [-0.3, -0.25) is 4.79 Å². The lowest BCUT2D eigenvalue weighted by molar-refractivity contribution is 0.0943. The molecule has 0 atom stereocenters. The highest BCUT2D eigenvalue weighted by Crippen LogP contribution is 2.14. The fourth-order valence-corrected chi connectivity index (χ4v) is 2.58. The van der Waals surface area contributed by atoms with E-state index >= 15 is 0 Å². The van der Waals surface area contributed by atoms with E-state index in [1.165, 1.54) is 0 Å².